The second-order valence-electron chi connectivity index (χ2n) is 3.04. The van der Waals surface area contributed by atoms with Crippen LogP contribution in [0.5, 0.6) is 5.75 Å². The van der Waals surface area contributed by atoms with Gasteiger partial charge in [-0.15, -0.1) is 0 Å². The molecule has 0 aliphatic rings. The maximum absolute atomic E-state index is 11.3. The molecule has 0 aliphatic carbocycles. The Kier molecular flexibility index (Phi) is 7.83. The summed E-state index contributed by atoms with van der Waals surface area (Å²) in [6, 6.07) is 6.03. The minimum absolute atomic E-state index is 0. The predicted molar refractivity (Wildman–Crippen MR) is 59.1 cm³/mol. The molecular formula is C11H14CaO3. The molecule has 1 aromatic rings. The van der Waals surface area contributed by atoms with Crippen molar-refractivity contribution in [2.75, 3.05) is 6.61 Å². The van der Waals surface area contributed by atoms with Crippen LogP contribution in [0.4, 0.5) is 0 Å². The molecule has 1 N–H and O–H groups in total. The number of rotatable bonds is 4. The number of aromatic hydroxyl groups is 1. The van der Waals surface area contributed by atoms with Crippen LogP contribution in [0.1, 0.15) is 30.1 Å². The third-order valence-electron chi connectivity index (χ3n) is 1.83. The number of hydrogen-bond donors (Lipinski definition) is 1. The van der Waals surface area contributed by atoms with Crippen molar-refractivity contribution in [2.45, 2.75) is 19.8 Å². The summed E-state index contributed by atoms with van der Waals surface area (Å²) < 4.78 is 4.99. The van der Waals surface area contributed by atoms with Crippen LogP contribution in [-0.2, 0) is 4.74 Å². The first kappa shape index (κ1) is 14.7. The first-order valence-corrected chi connectivity index (χ1v) is 4.70. The Balaban J connectivity index is 0.00000196. The molecule has 0 atom stereocenters. The average Bonchev–Trinajstić information content (AvgIpc) is 2.19. The van der Waals surface area contributed by atoms with Gasteiger partial charge in [0.1, 0.15) is 5.75 Å². The van der Waals surface area contributed by atoms with Gasteiger partial charge in [-0.3, -0.25) is 0 Å². The maximum Gasteiger partial charge on any atom is 0.338 e. The van der Waals surface area contributed by atoms with Crippen LogP contribution >= 0.6 is 0 Å². The number of hydrogen-bond acceptors (Lipinski definition) is 3. The van der Waals surface area contributed by atoms with Gasteiger partial charge in [0.2, 0.25) is 0 Å². The Morgan fingerprint density at radius 2 is 1.93 bits per heavy atom. The maximum atomic E-state index is 11.3. The van der Waals surface area contributed by atoms with Gasteiger partial charge in [-0.2, -0.15) is 0 Å². The summed E-state index contributed by atoms with van der Waals surface area (Å²) in [5.41, 5.74) is 0.471. The fourth-order valence-corrected chi connectivity index (χ4v) is 0.990. The number of phenolic OH excluding ortho intramolecular Hbond substituents is 1. The standard InChI is InChI=1S/C11H14O3.Ca/c1-2-3-8-14-11(13)9-4-6-10(12)7-5-9;/h4-7,12H,2-3,8H2,1H3;. The Morgan fingerprint density at radius 1 is 1.33 bits per heavy atom. The molecule has 0 fully saturated rings. The Morgan fingerprint density at radius 3 is 2.47 bits per heavy atom. The SMILES string of the molecule is CCCCOC(=O)c1ccc(O)cc1.[Ca]. The van der Waals surface area contributed by atoms with Gasteiger partial charge in [0.15, 0.2) is 0 Å². The van der Waals surface area contributed by atoms with E-state index in [1.54, 1.807) is 12.1 Å². The van der Waals surface area contributed by atoms with Crippen molar-refractivity contribution >= 4 is 43.7 Å². The molecule has 0 saturated carbocycles. The molecule has 1 aromatic carbocycles. The minimum Gasteiger partial charge on any atom is -0.508 e. The summed E-state index contributed by atoms with van der Waals surface area (Å²) >= 11 is 0. The summed E-state index contributed by atoms with van der Waals surface area (Å²) in [7, 11) is 0. The van der Waals surface area contributed by atoms with Gasteiger partial charge in [0, 0.05) is 37.7 Å². The van der Waals surface area contributed by atoms with E-state index in [0.29, 0.717) is 12.2 Å². The van der Waals surface area contributed by atoms with Gasteiger partial charge in [0.05, 0.1) is 12.2 Å². The minimum atomic E-state index is -0.335. The van der Waals surface area contributed by atoms with E-state index in [1.165, 1.54) is 12.1 Å². The number of unbranched alkanes of at least 4 members (excludes halogenated alkanes) is 1. The molecule has 0 aromatic heterocycles. The van der Waals surface area contributed by atoms with Crippen LogP contribution in [0.25, 0.3) is 0 Å². The molecule has 15 heavy (non-hydrogen) atoms. The predicted octanol–water partition coefficient (Wildman–Crippen LogP) is 1.97. The van der Waals surface area contributed by atoms with Crippen LogP contribution in [0, 0.1) is 0 Å². The van der Waals surface area contributed by atoms with Gasteiger partial charge < -0.3 is 9.84 Å². The molecule has 0 amide bonds. The average molecular weight is 234 g/mol. The van der Waals surface area contributed by atoms with Gasteiger partial charge in [-0.05, 0) is 30.7 Å². The third-order valence-corrected chi connectivity index (χ3v) is 1.83. The zero-order valence-electron chi connectivity index (χ0n) is 8.90. The summed E-state index contributed by atoms with van der Waals surface area (Å²) in [6.45, 7) is 2.49. The fourth-order valence-electron chi connectivity index (χ4n) is 0.990. The number of esters is 1. The molecule has 0 heterocycles. The van der Waals surface area contributed by atoms with Gasteiger partial charge >= 0.3 is 5.97 Å². The molecular weight excluding hydrogens is 220 g/mol. The molecule has 0 bridgehead atoms. The van der Waals surface area contributed by atoms with Crippen LogP contribution in [-0.4, -0.2) is 55.4 Å². The molecule has 0 saturated heterocycles. The largest absolute Gasteiger partial charge is 0.508 e. The molecule has 4 heteroatoms. The number of carbonyl (C=O) groups is 1. The van der Waals surface area contributed by atoms with Crippen LogP contribution in [0.15, 0.2) is 24.3 Å². The quantitative estimate of drug-likeness (QED) is 0.492. The van der Waals surface area contributed by atoms with Gasteiger partial charge in [-0.25, -0.2) is 4.79 Å². The molecule has 0 aliphatic heterocycles. The van der Waals surface area contributed by atoms with Crippen LogP contribution < -0.4 is 0 Å². The monoisotopic (exact) mass is 234 g/mol. The summed E-state index contributed by atoms with van der Waals surface area (Å²) in [5, 5.41) is 9.00. The molecule has 78 valence electrons. The van der Waals surface area contributed by atoms with E-state index >= 15 is 0 Å². The Labute approximate surface area is 119 Å². The van der Waals surface area contributed by atoms with Crippen molar-refractivity contribution < 1.29 is 14.6 Å². The van der Waals surface area contributed by atoms with Crippen molar-refractivity contribution in [1.82, 2.24) is 0 Å². The van der Waals surface area contributed by atoms with Crippen LogP contribution in [0.2, 0.25) is 0 Å². The van der Waals surface area contributed by atoms with Gasteiger partial charge in [-0.1, -0.05) is 13.3 Å². The van der Waals surface area contributed by atoms with E-state index in [2.05, 4.69) is 0 Å². The molecule has 3 nitrogen and oxygen atoms in total. The summed E-state index contributed by atoms with van der Waals surface area (Å²) in [4.78, 5) is 11.3. The van der Waals surface area contributed by atoms with E-state index in [4.69, 9.17) is 9.84 Å². The molecule has 2 radical (unpaired) electrons. The van der Waals surface area contributed by atoms with Crippen molar-refractivity contribution in [3.8, 4) is 5.75 Å². The number of phenols is 1. The van der Waals surface area contributed by atoms with Crippen molar-refractivity contribution in [1.29, 1.82) is 0 Å². The normalized spacial score (nSPS) is 9.13. The smallest absolute Gasteiger partial charge is 0.338 e. The Hall–Kier alpha value is -0.250. The summed E-state index contributed by atoms with van der Waals surface area (Å²) in [6.07, 6.45) is 1.88. The molecule has 1 rings (SSSR count). The zero-order valence-corrected chi connectivity index (χ0v) is 11.1. The second kappa shape index (κ2) is 7.97. The van der Waals surface area contributed by atoms with E-state index in [-0.39, 0.29) is 49.5 Å². The van der Waals surface area contributed by atoms with Crippen molar-refractivity contribution in [3.05, 3.63) is 29.8 Å². The zero-order chi connectivity index (χ0) is 10.4. The number of carbonyl (C=O) groups excluding carboxylic acids is 1. The Bertz CT molecular complexity index is 295. The first-order valence-electron chi connectivity index (χ1n) is 4.70. The van der Waals surface area contributed by atoms with E-state index in [9.17, 15) is 4.79 Å². The van der Waals surface area contributed by atoms with E-state index < -0.39 is 0 Å². The first-order chi connectivity index (χ1) is 6.74. The molecule has 0 spiro atoms. The number of benzene rings is 1. The number of ether oxygens (including phenoxy) is 1. The van der Waals surface area contributed by atoms with E-state index in [1.807, 2.05) is 6.92 Å². The fraction of sp³-hybridized carbons (Fsp3) is 0.364. The molecule has 0 unspecified atom stereocenters. The van der Waals surface area contributed by atoms with Crippen molar-refractivity contribution in [3.63, 3.8) is 0 Å². The van der Waals surface area contributed by atoms with Gasteiger partial charge in [0.25, 0.3) is 0 Å². The summed E-state index contributed by atoms with van der Waals surface area (Å²) in [5.74, 6) is -0.187. The van der Waals surface area contributed by atoms with Crippen molar-refractivity contribution in [2.24, 2.45) is 0 Å². The second-order valence-corrected chi connectivity index (χ2v) is 3.04. The van der Waals surface area contributed by atoms with E-state index in [0.717, 1.165) is 12.8 Å². The van der Waals surface area contributed by atoms with Crippen LogP contribution in [0.3, 0.4) is 0 Å². The third kappa shape index (κ3) is 5.40. The topological polar surface area (TPSA) is 46.5 Å².